The molecule has 21 heavy (non-hydrogen) atoms. The van der Waals surface area contributed by atoms with E-state index in [4.69, 9.17) is 9.84 Å². The summed E-state index contributed by atoms with van der Waals surface area (Å²) in [7, 11) is 0. The van der Waals surface area contributed by atoms with Gasteiger partial charge in [0.25, 0.3) is 0 Å². The third kappa shape index (κ3) is 3.09. The molecule has 2 atom stereocenters. The van der Waals surface area contributed by atoms with Crippen molar-refractivity contribution in [1.82, 2.24) is 4.98 Å². The van der Waals surface area contributed by atoms with E-state index in [1.165, 1.54) is 0 Å². The average molecular weight is 297 g/mol. The summed E-state index contributed by atoms with van der Waals surface area (Å²) in [6.45, 7) is 2.07. The normalized spacial score (nSPS) is 24.8. The topological polar surface area (TPSA) is 135 Å². The Morgan fingerprint density at radius 3 is 2.90 bits per heavy atom. The average Bonchev–Trinajstić information content (AvgIpc) is 2.76. The second-order valence-corrected chi connectivity index (χ2v) is 4.85. The number of nitrogens with zero attached hydrogens (tertiary/aromatic N) is 2. The molecule has 1 aromatic heterocycles. The maximum atomic E-state index is 10.9. The van der Waals surface area contributed by atoms with Gasteiger partial charge in [-0.1, -0.05) is 0 Å². The van der Waals surface area contributed by atoms with E-state index in [0.717, 1.165) is 12.1 Å². The zero-order chi connectivity index (χ0) is 15.6. The Morgan fingerprint density at radius 2 is 2.38 bits per heavy atom. The van der Waals surface area contributed by atoms with Crippen molar-refractivity contribution in [1.29, 1.82) is 0 Å². The number of anilines is 1. The van der Waals surface area contributed by atoms with Crippen molar-refractivity contribution >= 4 is 17.5 Å². The largest absolute Gasteiger partial charge is 0.477 e. The van der Waals surface area contributed by atoms with Crippen molar-refractivity contribution in [3.05, 3.63) is 27.9 Å². The van der Waals surface area contributed by atoms with Crippen molar-refractivity contribution in [2.24, 2.45) is 0 Å². The highest BCUT2D eigenvalue weighted by molar-refractivity contribution is 5.86. The summed E-state index contributed by atoms with van der Waals surface area (Å²) in [5.74, 6) is -1.48. The molecular formula is C12H15N3O6. The van der Waals surface area contributed by atoms with E-state index in [2.05, 4.69) is 10.3 Å². The fourth-order valence-electron chi connectivity index (χ4n) is 2.09. The molecule has 0 aliphatic carbocycles. The van der Waals surface area contributed by atoms with Gasteiger partial charge in [-0.05, 0) is 13.0 Å². The van der Waals surface area contributed by atoms with Crippen LogP contribution in [0.2, 0.25) is 0 Å². The number of pyridine rings is 1. The number of carboxylic acid groups (broad SMARTS) is 1. The second-order valence-electron chi connectivity index (χ2n) is 4.85. The summed E-state index contributed by atoms with van der Waals surface area (Å²) in [5.41, 5.74) is -1.84. The zero-order valence-corrected chi connectivity index (χ0v) is 11.3. The van der Waals surface area contributed by atoms with Crippen LogP contribution in [0.1, 0.15) is 23.8 Å². The molecule has 0 spiro atoms. The standard InChI is InChI=1S/C12H15N3O6/c1-7-12(18,4-5-21-7)6-13-10-9(15(19)20)3-2-8(14-10)11(16)17/h2-3,7,18H,4-6H2,1H3,(H,13,14)(H,16,17). The second kappa shape index (κ2) is 5.62. The minimum Gasteiger partial charge on any atom is -0.477 e. The number of nitro groups is 1. The highest BCUT2D eigenvalue weighted by Gasteiger charge is 2.39. The number of hydrogen-bond donors (Lipinski definition) is 3. The van der Waals surface area contributed by atoms with Crippen molar-refractivity contribution < 1.29 is 24.7 Å². The Labute approximate surface area is 119 Å². The molecule has 0 radical (unpaired) electrons. The van der Waals surface area contributed by atoms with Crippen LogP contribution in [0.3, 0.4) is 0 Å². The molecule has 2 unspecified atom stereocenters. The molecule has 0 bridgehead atoms. The summed E-state index contributed by atoms with van der Waals surface area (Å²) in [6.07, 6.45) is -0.0418. The first-order chi connectivity index (χ1) is 9.83. The summed E-state index contributed by atoms with van der Waals surface area (Å²) in [5, 5.41) is 32.8. The van der Waals surface area contributed by atoms with E-state index >= 15 is 0 Å². The lowest BCUT2D eigenvalue weighted by atomic mass is 9.97. The van der Waals surface area contributed by atoms with E-state index in [1.807, 2.05) is 0 Å². The first kappa shape index (κ1) is 15.1. The SMILES string of the molecule is CC1OCCC1(O)CNc1nc(C(=O)O)ccc1[N+](=O)[O-]. The van der Waals surface area contributed by atoms with E-state index in [0.29, 0.717) is 13.0 Å². The highest BCUT2D eigenvalue weighted by Crippen LogP contribution is 2.28. The maximum Gasteiger partial charge on any atom is 0.354 e. The van der Waals surface area contributed by atoms with Gasteiger partial charge in [-0.3, -0.25) is 10.1 Å². The van der Waals surface area contributed by atoms with Gasteiger partial charge < -0.3 is 20.3 Å². The fourth-order valence-corrected chi connectivity index (χ4v) is 2.09. The molecule has 1 aliphatic heterocycles. The van der Waals surface area contributed by atoms with E-state index < -0.39 is 22.6 Å². The molecular weight excluding hydrogens is 282 g/mol. The van der Waals surface area contributed by atoms with Crippen molar-refractivity contribution in [2.45, 2.75) is 25.0 Å². The summed E-state index contributed by atoms with van der Waals surface area (Å²) >= 11 is 0. The Hall–Kier alpha value is -2.26. The Bertz CT molecular complexity index is 578. The number of hydrogen-bond acceptors (Lipinski definition) is 7. The van der Waals surface area contributed by atoms with Crippen LogP contribution in [0.5, 0.6) is 0 Å². The summed E-state index contributed by atoms with van der Waals surface area (Å²) in [6, 6.07) is 2.12. The van der Waals surface area contributed by atoms with Gasteiger partial charge in [0, 0.05) is 25.6 Å². The zero-order valence-electron chi connectivity index (χ0n) is 11.3. The number of aliphatic hydroxyl groups is 1. The molecule has 0 saturated carbocycles. The lowest BCUT2D eigenvalue weighted by Crippen LogP contribution is -2.43. The van der Waals surface area contributed by atoms with E-state index in [9.17, 15) is 20.0 Å². The Kier molecular flexibility index (Phi) is 4.05. The van der Waals surface area contributed by atoms with Crippen LogP contribution < -0.4 is 5.32 Å². The molecule has 1 saturated heterocycles. The van der Waals surface area contributed by atoms with Crippen molar-refractivity contribution in [3.63, 3.8) is 0 Å². The van der Waals surface area contributed by atoms with Gasteiger partial charge in [0.15, 0.2) is 5.69 Å². The van der Waals surface area contributed by atoms with E-state index in [1.54, 1.807) is 6.92 Å². The van der Waals surface area contributed by atoms with Gasteiger partial charge in [0.1, 0.15) is 5.60 Å². The van der Waals surface area contributed by atoms with Crippen LogP contribution in [-0.4, -0.2) is 50.9 Å². The molecule has 114 valence electrons. The molecule has 2 heterocycles. The molecule has 2 rings (SSSR count). The Morgan fingerprint density at radius 1 is 1.67 bits per heavy atom. The van der Waals surface area contributed by atoms with Crippen LogP contribution >= 0.6 is 0 Å². The molecule has 9 heteroatoms. The molecule has 1 aromatic rings. The smallest absolute Gasteiger partial charge is 0.354 e. The van der Waals surface area contributed by atoms with Crippen molar-refractivity contribution in [3.8, 4) is 0 Å². The highest BCUT2D eigenvalue weighted by atomic mass is 16.6. The van der Waals surface area contributed by atoms with Crippen molar-refractivity contribution in [2.75, 3.05) is 18.5 Å². The molecule has 1 aliphatic rings. The lowest BCUT2D eigenvalue weighted by molar-refractivity contribution is -0.384. The predicted molar refractivity (Wildman–Crippen MR) is 71.3 cm³/mol. The van der Waals surface area contributed by atoms with Gasteiger partial charge in [-0.2, -0.15) is 0 Å². The maximum absolute atomic E-state index is 10.9. The van der Waals surface area contributed by atoms with Crippen LogP contribution in [0.15, 0.2) is 12.1 Å². The van der Waals surface area contributed by atoms with E-state index in [-0.39, 0.29) is 23.7 Å². The van der Waals surface area contributed by atoms with Crippen LogP contribution in [0, 0.1) is 10.1 Å². The van der Waals surface area contributed by atoms with Crippen LogP contribution in [0.4, 0.5) is 11.5 Å². The first-order valence-electron chi connectivity index (χ1n) is 6.30. The molecule has 1 fully saturated rings. The van der Waals surface area contributed by atoms with Gasteiger partial charge in [0.05, 0.1) is 11.0 Å². The number of rotatable bonds is 5. The minimum absolute atomic E-state index is 0.0227. The quantitative estimate of drug-likeness (QED) is 0.532. The number of carboxylic acids is 1. The predicted octanol–water partition coefficient (Wildman–Crippen LogP) is 0.640. The number of aromatic nitrogens is 1. The van der Waals surface area contributed by atoms with Gasteiger partial charge in [0.2, 0.25) is 5.82 Å². The molecule has 3 N–H and O–H groups in total. The first-order valence-corrected chi connectivity index (χ1v) is 6.30. The fraction of sp³-hybridized carbons (Fsp3) is 0.500. The molecule has 0 aromatic carbocycles. The number of aromatic carboxylic acids is 1. The van der Waals surface area contributed by atoms with Gasteiger partial charge in [-0.25, -0.2) is 9.78 Å². The van der Waals surface area contributed by atoms with Gasteiger partial charge >= 0.3 is 11.7 Å². The number of carbonyl (C=O) groups is 1. The molecule has 9 nitrogen and oxygen atoms in total. The van der Waals surface area contributed by atoms with Crippen LogP contribution in [-0.2, 0) is 4.74 Å². The summed E-state index contributed by atoms with van der Waals surface area (Å²) < 4.78 is 5.26. The lowest BCUT2D eigenvalue weighted by Gasteiger charge is -2.26. The van der Waals surface area contributed by atoms with Crippen LogP contribution in [0.25, 0.3) is 0 Å². The van der Waals surface area contributed by atoms with Gasteiger partial charge in [-0.15, -0.1) is 0 Å². The summed E-state index contributed by atoms with van der Waals surface area (Å²) in [4.78, 5) is 24.9. The third-order valence-electron chi connectivity index (χ3n) is 3.51. The number of ether oxygens (including phenoxy) is 1. The third-order valence-corrected chi connectivity index (χ3v) is 3.51. The minimum atomic E-state index is -1.29. The monoisotopic (exact) mass is 297 g/mol. The molecule has 0 amide bonds. The number of nitrogens with one attached hydrogen (secondary N) is 1. The Balaban J connectivity index is 2.23.